The van der Waals surface area contributed by atoms with E-state index >= 15 is 0 Å². The van der Waals surface area contributed by atoms with Gasteiger partial charge in [0.15, 0.2) is 0 Å². The lowest BCUT2D eigenvalue weighted by atomic mass is 10.1. The molecule has 0 saturated carbocycles. The van der Waals surface area contributed by atoms with Gasteiger partial charge < -0.3 is 10.4 Å². The maximum Gasteiger partial charge on any atom is 0.328 e. The summed E-state index contributed by atoms with van der Waals surface area (Å²) >= 11 is 0. The van der Waals surface area contributed by atoms with Gasteiger partial charge in [0.25, 0.3) is 0 Å². The van der Waals surface area contributed by atoms with Crippen LogP contribution in [0.3, 0.4) is 0 Å². The number of aryl methyl sites for hydroxylation is 1. The van der Waals surface area contributed by atoms with Gasteiger partial charge in [0, 0.05) is 31.6 Å². The number of carboxylic acid groups (broad SMARTS) is 1. The van der Waals surface area contributed by atoms with E-state index in [0.29, 0.717) is 6.54 Å². The average Bonchev–Trinajstić information content (AvgIpc) is 2.20. The van der Waals surface area contributed by atoms with E-state index in [0.717, 1.165) is 18.2 Å². The largest absolute Gasteiger partial charge is 0.478 e. The number of pyridine rings is 1. The summed E-state index contributed by atoms with van der Waals surface area (Å²) < 4.78 is 0. The van der Waals surface area contributed by atoms with Crippen LogP contribution in [-0.4, -0.2) is 22.6 Å². The summed E-state index contributed by atoms with van der Waals surface area (Å²) in [6, 6.07) is 1.95. The van der Waals surface area contributed by atoms with Crippen molar-refractivity contribution in [1.29, 1.82) is 0 Å². The van der Waals surface area contributed by atoms with Gasteiger partial charge in [0.2, 0.25) is 0 Å². The number of carbonyl (C=O) groups is 1. The van der Waals surface area contributed by atoms with Crippen molar-refractivity contribution in [3.05, 3.63) is 41.7 Å². The van der Waals surface area contributed by atoms with E-state index in [9.17, 15) is 4.79 Å². The van der Waals surface area contributed by atoms with E-state index in [1.807, 2.05) is 19.2 Å². The summed E-state index contributed by atoms with van der Waals surface area (Å²) in [6.07, 6.45) is 6.27. The third kappa shape index (κ3) is 4.37. The fourth-order valence-electron chi connectivity index (χ4n) is 1.15. The Morgan fingerprint density at radius 3 is 3.13 bits per heavy atom. The molecule has 0 aliphatic heterocycles. The Morgan fingerprint density at radius 1 is 1.67 bits per heavy atom. The van der Waals surface area contributed by atoms with E-state index in [4.69, 9.17) is 5.11 Å². The highest BCUT2D eigenvalue weighted by Crippen LogP contribution is 2.03. The van der Waals surface area contributed by atoms with Crippen molar-refractivity contribution in [3.63, 3.8) is 0 Å². The number of nitrogens with zero attached hydrogens (tertiary/aromatic N) is 1. The summed E-state index contributed by atoms with van der Waals surface area (Å²) in [5.74, 6) is -0.920. The lowest BCUT2D eigenvalue weighted by Gasteiger charge is -2.04. The molecule has 4 nitrogen and oxygen atoms in total. The Balaban J connectivity index is 2.32. The zero-order chi connectivity index (χ0) is 11.1. The van der Waals surface area contributed by atoms with Crippen LogP contribution < -0.4 is 5.32 Å². The van der Waals surface area contributed by atoms with Crippen LogP contribution >= 0.6 is 0 Å². The first-order chi connectivity index (χ1) is 7.20. The number of carboxylic acids is 1. The van der Waals surface area contributed by atoms with Crippen LogP contribution in [0.5, 0.6) is 0 Å². The summed E-state index contributed by atoms with van der Waals surface area (Å²) in [7, 11) is 0. The smallest absolute Gasteiger partial charge is 0.328 e. The molecule has 0 amide bonds. The van der Waals surface area contributed by atoms with Crippen LogP contribution in [0, 0.1) is 6.92 Å². The summed E-state index contributed by atoms with van der Waals surface area (Å²) in [5, 5.41) is 11.5. The molecular weight excluding hydrogens is 192 g/mol. The molecular formula is C11H14N2O2. The van der Waals surface area contributed by atoms with Crippen molar-refractivity contribution in [2.75, 3.05) is 6.54 Å². The second-order valence-corrected chi connectivity index (χ2v) is 3.17. The molecule has 0 spiro atoms. The summed E-state index contributed by atoms with van der Waals surface area (Å²) in [6.45, 7) is 3.27. The average molecular weight is 206 g/mol. The van der Waals surface area contributed by atoms with Crippen molar-refractivity contribution < 1.29 is 9.90 Å². The highest BCUT2D eigenvalue weighted by Gasteiger charge is 1.95. The molecule has 0 aromatic carbocycles. The zero-order valence-corrected chi connectivity index (χ0v) is 8.60. The van der Waals surface area contributed by atoms with Gasteiger partial charge >= 0.3 is 5.97 Å². The second-order valence-electron chi connectivity index (χ2n) is 3.17. The Morgan fingerprint density at radius 2 is 2.47 bits per heavy atom. The number of rotatable bonds is 5. The highest BCUT2D eigenvalue weighted by molar-refractivity contribution is 5.79. The van der Waals surface area contributed by atoms with E-state index in [1.54, 1.807) is 12.3 Å². The van der Waals surface area contributed by atoms with Crippen LogP contribution in [0.2, 0.25) is 0 Å². The molecule has 4 heteroatoms. The number of hydrogen-bond acceptors (Lipinski definition) is 3. The van der Waals surface area contributed by atoms with Gasteiger partial charge in [-0.25, -0.2) is 4.79 Å². The van der Waals surface area contributed by atoms with Gasteiger partial charge in [0.05, 0.1) is 0 Å². The molecule has 0 unspecified atom stereocenters. The van der Waals surface area contributed by atoms with E-state index in [-0.39, 0.29) is 0 Å². The first-order valence-corrected chi connectivity index (χ1v) is 4.70. The molecule has 1 heterocycles. The van der Waals surface area contributed by atoms with E-state index in [1.165, 1.54) is 5.56 Å². The molecule has 1 aromatic rings. The molecule has 0 atom stereocenters. The maximum absolute atomic E-state index is 10.2. The Hall–Kier alpha value is -1.68. The van der Waals surface area contributed by atoms with Crippen molar-refractivity contribution in [1.82, 2.24) is 10.3 Å². The lowest BCUT2D eigenvalue weighted by molar-refractivity contribution is -0.131. The Bertz CT molecular complexity index is 361. The van der Waals surface area contributed by atoms with Crippen molar-refractivity contribution in [3.8, 4) is 0 Å². The van der Waals surface area contributed by atoms with Gasteiger partial charge in [0.1, 0.15) is 0 Å². The van der Waals surface area contributed by atoms with E-state index in [2.05, 4.69) is 10.3 Å². The molecule has 0 aliphatic carbocycles. The van der Waals surface area contributed by atoms with Crippen LogP contribution in [0.15, 0.2) is 30.6 Å². The van der Waals surface area contributed by atoms with Gasteiger partial charge in [-0.1, -0.05) is 6.08 Å². The number of aromatic nitrogens is 1. The topological polar surface area (TPSA) is 62.2 Å². The number of hydrogen-bond donors (Lipinski definition) is 2. The second kappa shape index (κ2) is 5.93. The first-order valence-electron chi connectivity index (χ1n) is 4.70. The number of aliphatic carboxylic acids is 1. The fourth-order valence-corrected chi connectivity index (χ4v) is 1.15. The normalized spacial score (nSPS) is 10.7. The van der Waals surface area contributed by atoms with Crippen LogP contribution in [0.4, 0.5) is 0 Å². The fraction of sp³-hybridized carbons (Fsp3) is 0.273. The quantitative estimate of drug-likeness (QED) is 0.560. The molecule has 0 bridgehead atoms. The first kappa shape index (κ1) is 11.4. The molecule has 0 saturated heterocycles. The van der Waals surface area contributed by atoms with Crippen LogP contribution in [0.1, 0.15) is 11.1 Å². The molecule has 1 aromatic heterocycles. The third-order valence-electron chi connectivity index (χ3n) is 1.97. The number of nitrogens with one attached hydrogen (secondary N) is 1. The predicted octanol–water partition coefficient (Wildman–Crippen LogP) is 1.12. The molecule has 0 aliphatic rings. The lowest BCUT2D eigenvalue weighted by Crippen LogP contribution is -2.14. The predicted molar refractivity (Wildman–Crippen MR) is 57.5 cm³/mol. The minimum absolute atomic E-state index is 0.550. The monoisotopic (exact) mass is 206 g/mol. The maximum atomic E-state index is 10.2. The minimum atomic E-state index is -0.920. The molecule has 0 fully saturated rings. The van der Waals surface area contributed by atoms with Crippen LogP contribution in [-0.2, 0) is 11.3 Å². The Labute approximate surface area is 88.7 Å². The SMILES string of the molecule is Cc1cnccc1CNC/C=C/C(=O)O. The highest BCUT2D eigenvalue weighted by atomic mass is 16.4. The standard InChI is InChI=1S/C11H14N2O2/c1-9-7-13-6-4-10(9)8-12-5-2-3-11(14)15/h2-4,6-7,12H,5,8H2,1H3,(H,14,15)/b3-2+. The third-order valence-corrected chi connectivity index (χ3v) is 1.97. The molecule has 15 heavy (non-hydrogen) atoms. The Kier molecular flexibility index (Phi) is 4.50. The molecule has 1 rings (SSSR count). The van der Waals surface area contributed by atoms with Gasteiger partial charge in [-0.2, -0.15) is 0 Å². The molecule has 2 N–H and O–H groups in total. The zero-order valence-electron chi connectivity index (χ0n) is 8.60. The van der Waals surface area contributed by atoms with Gasteiger partial charge in [-0.05, 0) is 24.1 Å². The van der Waals surface area contributed by atoms with Crippen molar-refractivity contribution in [2.24, 2.45) is 0 Å². The van der Waals surface area contributed by atoms with Gasteiger partial charge in [-0.3, -0.25) is 4.98 Å². The summed E-state index contributed by atoms with van der Waals surface area (Å²) in [5.41, 5.74) is 2.31. The van der Waals surface area contributed by atoms with Crippen molar-refractivity contribution in [2.45, 2.75) is 13.5 Å². The molecule has 0 radical (unpaired) electrons. The molecule has 80 valence electrons. The van der Waals surface area contributed by atoms with Crippen LogP contribution in [0.25, 0.3) is 0 Å². The van der Waals surface area contributed by atoms with Gasteiger partial charge in [-0.15, -0.1) is 0 Å². The van der Waals surface area contributed by atoms with Crippen molar-refractivity contribution >= 4 is 5.97 Å². The van der Waals surface area contributed by atoms with E-state index < -0.39 is 5.97 Å². The minimum Gasteiger partial charge on any atom is -0.478 e. The summed E-state index contributed by atoms with van der Waals surface area (Å²) in [4.78, 5) is 14.2.